The first-order valence-corrected chi connectivity index (χ1v) is 3.82. The zero-order valence-electron chi connectivity index (χ0n) is 8.38. The summed E-state index contributed by atoms with van der Waals surface area (Å²) in [5, 5.41) is 4.46. The lowest BCUT2D eigenvalue weighted by atomic mass is 10.2. The monoisotopic (exact) mass is 182 g/mol. The van der Waals surface area contributed by atoms with E-state index in [4.69, 9.17) is 22.6 Å². The van der Waals surface area contributed by atoms with Crippen LogP contribution in [0.25, 0.3) is 0 Å². The number of terminal acetylenes is 2. The van der Waals surface area contributed by atoms with Gasteiger partial charge in [-0.3, -0.25) is 0 Å². The molecule has 0 aromatic heterocycles. The molecule has 0 saturated heterocycles. The largest absolute Gasteiger partial charge is 0.187 e. The Balaban J connectivity index is 3.85. The molecule has 0 heterocycles. The van der Waals surface area contributed by atoms with Gasteiger partial charge >= 0.3 is 0 Å². The van der Waals surface area contributed by atoms with E-state index in [1.54, 1.807) is 27.7 Å². The van der Waals surface area contributed by atoms with Crippen LogP contribution < -0.4 is 0 Å². The molecule has 0 aromatic carbocycles. The van der Waals surface area contributed by atoms with Crippen LogP contribution in [0.4, 0.5) is 0 Å². The van der Waals surface area contributed by atoms with Crippen molar-refractivity contribution in [2.24, 2.45) is 0 Å². The Labute approximate surface area is 79.2 Å². The van der Waals surface area contributed by atoms with Crippen LogP contribution in [0.1, 0.15) is 27.7 Å². The Morgan fingerprint density at radius 2 is 1.15 bits per heavy atom. The van der Waals surface area contributed by atoms with Crippen LogP contribution in [0.5, 0.6) is 0 Å². The molecule has 0 aliphatic carbocycles. The van der Waals surface area contributed by atoms with E-state index in [9.17, 15) is 0 Å². The molecule has 0 atom stereocenters. The van der Waals surface area contributed by atoms with Crippen molar-refractivity contribution in [2.45, 2.75) is 38.9 Å². The van der Waals surface area contributed by atoms with Crippen molar-refractivity contribution in [3.8, 4) is 24.7 Å². The van der Waals surface area contributed by atoms with Crippen LogP contribution >= 0.6 is 0 Å². The van der Waals surface area contributed by atoms with E-state index in [-0.39, 0.29) is 0 Å². The predicted molar refractivity (Wildman–Crippen MR) is 49.1 cm³/mol. The summed E-state index contributed by atoms with van der Waals surface area (Å²) in [6.45, 7) is 6.66. The van der Waals surface area contributed by atoms with Gasteiger partial charge in [-0.05, 0) is 27.7 Å². The van der Waals surface area contributed by atoms with Crippen molar-refractivity contribution in [2.75, 3.05) is 0 Å². The first-order chi connectivity index (χ1) is 5.83. The van der Waals surface area contributed by atoms with Crippen molar-refractivity contribution < 1.29 is 14.8 Å². The lowest BCUT2D eigenvalue weighted by Crippen LogP contribution is -2.27. The molecule has 0 aliphatic rings. The van der Waals surface area contributed by atoms with E-state index in [0.29, 0.717) is 0 Å². The SMILES string of the molecule is C#CC(C)(C)OOOC(C)(C)C#C. The number of hydrogen-bond acceptors (Lipinski definition) is 3. The van der Waals surface area contributed by atoms with Crippen LogP contribution in [0.15, 0.2) is 0 Å². The molecule has 0 aliphatic heterocycles. The first kappa shape index (κ1) is 12.0. The normalized spacial score (nSPS) is 11.8. The van der Waals surface area contributed by atoms with Gasteiger partial charge in [0.25, 0.3) is 0 Å². The molecule has 0 bridgehead atoms. The second-order valence-electron chi connectivity index (χ2n) is 3.54. The maximum atomic E-state index is 5.14. The molecule has 0 radical (unpaired) electrons. The lowest BCUT2D eigenvalue weighted by molar-refractivity contribution is -0.552. The van der Waals surface area contributed by atoms with E-state index < -0.39 is 11.2 Å². The third kappa shape index (κ3) is 5.27. The van der Waals surface area contributed by atoms with Gasteiger partial charge in [0, 0.05) is 0 Å². The molecule has 0 saturated carbocycles. The highest BCUT2D eigenvalue weighted by Crippen LogP contribution is 2.12. The number of hydrogen-bond donors (Lipinski definition) is 0. The summed E-state index contributed by atoms with van der Waals surface area (Å²) in [5.41, 5.74) is -1.66. The summed E-state index contributed by atoms with van der Waals surface area (Å²) in [7, 11) is 0. The first-order valence-electron chi connectivity index (χ1n) is 3.82. The Kier molecular flexibility index (Phi) is 3.97. The topological polar surface area (TPSA) is 27.7 Å². The third-order valence-electron chi connectivity index (χ3n) is 1.18. The van der Waals surface area contributed by atoms with E-state index in [1.807, 2.05) is 0 Å². The molecule has 13 heavy (non-hydrogen) atoms. The second kappa shape index (κ2) is 4.30. The van der Waals surface area contributed by atoms with Gasteiger partial charge in [0.05, 0.1) is 0 Å². The molecular weight excluding hydrogens is 168 g/mol. The highest BCUT2D eigenvalue weighted by molar-refractivity contribution is 5.02. The molecule has 72 valence electrons. The fourth-order valence-corrected chi connectivity index (χ4v) is 0.235. The second-order valence-corrected chi connectivity index (χ2v) is 3.54. The lowest BCUT2D eigenvalue weighted by Gasteiger charge is -2.20. The molecule has 0 spiro atoms. The molecule has 0 amide bonds. The third-order valence-corrected chi connectivity index (χ3v) is 1.18. The minimum absolute atomic E-state index is 0.829. The molecule has 0 rings (SSSR count). The number of rotatable bonds is 4. The summed E-state index contributed by atoms with van der Waals surface area (Å²) < 4.78 is 0. The van der Waals surface area contributed by atoms with Gasteiger partial charge < -0.3 is 0 Å². The van der Waals surface area contributed by atoms with Crippen LogP contribution in [-0.2, 0) is 14.8 Å². The minimum Gasteiger partial charge on any atom is -0.187 e. The molecule has 3 heteroatoms. The van der Waals surface area contributed by atoms with Gasteiger partial charge in [0.1, 0.15) is 0 Å². The maximum absolute atomic E-state index is 5.14. The maximum Gasteiger partial charge on any atom is 0.161 e. The molecular formula is C10H14O3. The predicted octanol–water partition coefficient (Wildman–Crippen LogP) is 1.69. The zero-order chi connectivity index (χ0) is 10.5. The fourth-order valence-electron chi connectivity index (χ4n) is 0.235. The Hall–Kier alpha value is -1.00. The summed E-state index contributed by atoms with van der Waals surface area (Å²) in [6, 6.07) is 0. The highest BCUT2D eigenvalue weighted by Gasteiger charge is 2.21. The van der Waals surface area contributed by atoms with Crippen molar-refractivity contribution in [3.05, 3.63) is 0 Å². The van der Waals surface area contributed by atoms with Crippen LogP contribution in [0, 0.1) is 24.7 Å². The molecule has 0 unspecified atom stereocenters. The highest BCUT2D eigenvalue weighted by atomic mass is 17.5. The summed E-state index contributed by atoms with van der Waals surface area (Å²) >= 11 is 0. The minimum atomic E-state index is -0.829. The molecule has 3 nitrogen and oxygen atoms in total. The summed E-state index contributed by atoms with van der Waals surface area (Å²) in [4.78, 5) is 9.52. The van der Waals surface area contributed by atoms with E-state index in [1.165, 1.54) is 0 Å². The quantitative estimate of drug-likeness (QED) is 0.376. The van der Waals surface area contributed by atoms with Crippen LogP contribution in [0.2, 0.25) is 0 Å². The van der Waals surface area contributed by atoms with Crippen molar-refractivity contribution in [1.29, 1.82) is 0 Å². The standard InChI is InChI=1S/C10H14O3/c1-7-9(3,4)11-13-12-10(5,6)8-2/h1-2H,3-6H3. The van der Waals surface area contributed by atoms with Gasteiger partial charge in [-0.25, -0.2) is 0 Å². The van der Waals surface area contributed by atoms with Gasteiger partial charge in [0.2, 0.25) is 0 Å². The fraction of sp³-hybridized carbons (Fsp3) is 0.600. The van der Waals surface area contributed by atoms with Gasteiger partial charge in [-0.1, -0.05) is 16.9 Å². The van der Waals surface area contributed by atoms with Gasteiger partial charge in [0.15, 0.2) is 11.2 Å². The Bertz CT molecular complexity index is 214. The van der Waals surface area contributed by atoms with E-state index in [0.717, 1.165) is 0 Å². The van der Waals surface area contributed by atoms with Crippen LogP contribution in [-0.4, -0.2) is 11.2 Å². The van der Waals surface area contributed by atoms with Crippen LogP contribution in [0.3, 0.4) is 0 Å². The smallest absolute Gasteiger partial charge is 0.161 e. The van der Waals surface area contributed by atoms with Gasteiger partial charge in [-0.15, -0.1) is 12.8 Å². The van der Waals surface area contributed by atoms with Crippen molar-refractivity contribution >= 4 is 0 Å². The summed E-state index contributed by atoms with van der Waals surface area (Å²) in [6.07, 6.45) is 10.3. The van der Waals surface area contributed by atoms with Crippen molar-refractivity contribution in [3.63, 3.8) is 0 Å². The molecule has 0 fully saturated rings. The zero-order valence-corrected chi connectivity index (χ0v) is 8.38. The Morgan fingerprint density at radius 1 is 0.846 bits per heavy atom. The average molecular weight is 182 g/mol. The Morgan fingerprint density at radius 3 is 1.38 bits per heavy atom. The average Bonchev–Trinajstić information content (AvgIpc) is 2.04. The summed E-state index contributed by atoms with van der Waals surface area (Å²) in [5.74, 6) is 4.73. The van der Waals surface area contributed by atoms with Gasteiger partial charge in [-0.2, -0.15) is 9.78 Å². The molecule has 0 N–H and O–H groups in total. The van der Waals surface area contributed by atoms with Crippen molar-refractivity contribution in [1.82, 2.24) is 0 Å². The molecule has 0 aromatic rings. The van der Waals surface area contributed by atoms with E-state index in [2.05, 4.69) is 16.9 Å². The van der Waals surface area contributed by atoms with E-state index >= 15 is 0 Å².